The Kier molecular flexibility index (Phi) is 6.55. The van der Waals surface area contributed by atoms with Crippen molar-refractivity contribution in [1.29, 1.82) is 0 Å². The van der Waals surface area contributed by atoms with Gasteiger partial charge in [0.1, 0.15) is 5.69 Å². The molecule has 1 N–H and O–H groups in total. The van der Waals surface area contributed by atoms with Crippen molar-refractivity contribution < 1.29 is 9.90 Å². The lowest BCUT2D eigenvalue weighted by atomic mass is 10.2. The van der Waals surface area contributed by atoms with E-state index >= 15 is 0 Å². The van der Waals surface area contributed by atoms with Gasteiger partial charge < -0.3 is 10.0 Å². The molecular weight excluding hydrogens is 310 g/mol. The van der Waals surface area contributed by atoms with Crippen molar-refractivity contribution in [2.45, 2.75) is 25.5 Å². The number of amides is 1. The zero-order valence-electron chi connectivity index (χ0n) is 13.4. The fourth-order valence-corrected chi connectivity index (χ4v) is 2.81. The Morgan fingerprint density at radius 3 is 2.65 bits per heavy atom. The molecule has 0 saturated heterocycles. The van der Waals surface area contributed by atoms with Crippen molar-refractivity contribution >= 4 is 17.7 Å². The molecule has 5 nitrogen and oxygen atoms in total. The standard InChI is InChI=1S/C17H21N3O2S/c1-3-23-17-18-13(2)11-15(19-17)16(22)20(9-10-21)12-14-7-5-4-6-8-14/h4-8,11,21H,3,9-10,12H2,1-2H3. The van der Waals surface area contributed by atoms with E-state index in [1.54, 1.807) is 11.0 Å². The van der Waals surface area contributed by atoms with Crippen molar-refractivity contribution in [2.24, 2.45) is 0 Å². The molecule has 1 amide bonds. The summed E-state index contributed by atoms with van der Waals surface area (Å²) in [7, 11) is 0. The van der Waals surface area contributed by atoms with Crippen molar-refractivity contribution in [3.8, 4) is 0 Å². The summed E-state index contributed by atoms with van der Waals surface area (Å²) < 4.78 is 0. The third-order valence-corrected chi connectivity index (χ3v) is 3.93. The maximum Gasteiger partial charge on any atom is 0.273 e. The first-order valence-electron chi connectivity index (χ1n) is 7.56. The molecule has 0 aliphatic carbocycles. The minimum absolute atomic E-state index is 0.0841. The summed E-state index contributed by atoms with van der Waals surface area (Å²) in [6.45, 7) is 4.50. The number of aromatic nitrogens is 2. The van der Waals surface area contributed by atoms with Crippen molar-refractivity contribution in [3.05, 3.63) is 53.3 Å². The molecule has 0 spiro atoms. The largest absolute Gasteiger partial charge is 0.395 e. The number of hydrogen-bond acceptors (Lipinski definition) is 5. The molecule has 1 aromatic heterocycles. The van der Waals surface area contributed by atoms with Crippen LogP contribution in [0.15, 0.2) is 41.6 Å². The number of aryl methyl sites for hydroxylation is 1. The smallest absolute Gasteiger partial charge is 0.273 e. The Labute approximate surface area is 140 Å². The summed E-state index contributed by atoms with van der Waals surface area (Å²) >= 11 is 1.51. The number of aliphatic hydroxyl groups excluding tert-OH is 1. The van der Waals surface area contributed by atoms with Crippen LogP contribution in [-0.2, 0) is 6.54 Å². The highest BCUT2D eigenvalue weighted by molar-refractivity contribution is 7.99. The van der Waals surface area contributed by atoms with Gasteiger partial charge in [-0.25, -0.2) is 9.97 Å². The van der Waals surface area contributed by atoms with Crippen LogP contribution in [0, 0.1) is 6.92 Å². The van der Waals surface area contributed by atoms with Gasteiger partial charge in [0.2, 0.25) is 0 Å². The average molecular weight is 331 g/mol. The number of rotatable bonds is 7. The summed E-state index contributed by atoms with van der Waals surface area (Å²) in [6, 6.07) is 11.4. The van der Waals surface area contributed by atoms with Crippen LogP contribution in [0.5, 0.6) is 0 Å². The van der Waals surface area contributed by atoms with E-state index in [4.69, 9.17) is 0 Å². The Balaban J connectivity index is 2.23. The first-order chi connectivity index (χ1) is 11.1. The van der Waals surface area contributed by atoms with Crippen LogP contribution in [0.4, 0.5) is 0 Å². The normalized spacial score (nSPS) is 10.6. The Morgan fingerprint density at radius 2 is 2.00 bits per heavy atom. The third kappa shape index (κ3) is 5.04. The van der Waals surface area contributed by atoms with Crippen LogP contribution in [0.25, 0.3) is 0 Å². The van der Waals surface area contributed by atoms with E-state index in [9.17, 15) is 9.90 Å². The molecule has 2 aromatic rings. The number of nitrogens with zero attached hydrogens (tertiary/aromatic N) is 3. The van der Waals surface area contributed by atoms with E-state index in [2.05, 4.69) is 9.97 Å². The molecule has 0 aliphatic rings. The first kappa shape index (κ1) is 17.4. The van der Waals surface area contributed by atoms with Gasteiger partial charge in [-0.2, -0.15) is 0 Å². The van der Waals surface area contributed by atoms with Crippen LogP contribution < -0.4 is 0 Å². The fourth-order valence-electron chi connectivity index (χ4n) is 2.18. The Morgan fingerprint density at radius 1 is 1.26 bits per heavy atom. The molecule has 0 bridgehead atoms. The summed E-state index contributed by atoms with van der Waals surface area (Å²) in [5.41, 5.74) is 2.16. The maximum absolute atomic E-state index is 12.8. The van der Waals surface area contributed by atoms with E-state index in [-0.39, 0.29) is 19.1 Å². The molecule has 0 atom stereocenters. The summed E-state index contributed by atoms with van der Waals surface area (Å²) in [4.78, 5) is 23.0. The zero-order chi connectivity index (χ0) is 16.7. The van der Waals surface area contributed by atoms with Crippen LogP contribution in [0.3, 0.4) is 0 Å². The molecule has 0 saturated carbocycles. The van der Waals surface area contributed by atoms with Gasteiger partial charge in [0.25, 0.3) is 5.91 Å². The highest BCUT2D eigenvalue weighted by Crippen LogP contribution is 2.15. The van der Waals surface area contributed by atoms with Gasteiger partial charge in [-0.15, -0.1) is 0 Å². The van der Waals surface area contributed by atoms with Crippen LogP contribution >= 0.6 is 11.8 Å². The van der Waals surface area contributed by atoms with Gasteiger partial charge in [0, 0.05) is 18.8 Å². The Bertz CT molecular complexity index is 650. The molecule has 0 fully saturated rings. The van der Waals surface area contributed by atoms with Gasteiger partial charge in [-0.1, -0.05) is 49.0 Å². The van der Waals surface area contributed by atoms with Crippen molar-refractivity contribution in [3.63, 3.8) is 0 Å². The first-order valence-corrected chi connectivity index (χ1v) is 8.55. The van der Waals surface area contributed by atoms with E-state index in [0.717, 1.165) is 17.0 Å². The lowest BCUT2D eigenvalue weighted by Crippen LogP contribution is -2.33. The zero-order valence-corrected chi connectivity index (χ0v) is 14.2. The average Bonchev–Trinajstić information content (AvgIpc) is 2.54. The fraction of sp³-hybridized carbons (Fsp3) is 0.353. The predicted octanol–water partition coefficient (Wildman–Crippen LogP) is 2.53. The van der Waals surface area contributed by atoms with Gasteiger partial charge in [-0.3, -0.25) is 4.79 Å². The predicted molar refractivity (Wildman–Crippen MR) is 91.4 cm³/mol. The van der Waals surface area contributed by atoms with Gasteiger partial charge >= 0.3 is 0 Å². The molecule has 23 heavy (non-hydrogen) atoms. The molecular formula is C17H21N3O2S. The molecule has 2 rings (SSSR count). The quantitative estimate of drug-likeness (QED) is 0.624. The summed E-state index contributed by atoms with van der Waals surface area (Å²) in [6.07, 6.45) is 0. The minimum atomic E-state index is -0.189. The monoisotopic (exact) mass is 331 g/mol. The number of aliphatic hydroxyl groups is 1. The molecule has 6 heteroatoms. The van der Waals surface area contributed by atoms with Crippen LogP contribution in [0.1, 0.15) is 28.7 Å². The molecule has 0 radical (unpaired) electrons. The third-order valence-electron chi connectivity index (χ3n) is 3.20. The van der Waals surface area contributed by atoms with Crippen LogP contribution in [0.2, 0.25) is 0 Å². The second kappa shape index (κ2) is 8.64. The van der Waals surface area contributed by atoms with Crippen molar-refractivity contribution in [1.82, 2.24) is 14.9 Å². The van der Waals surface area contributed by atoms with Gasteiger partial charge in [0.05, 0.1) is 6.61 Å². The highest BCUT2D eigenvalue weighted by atomic mass is 32.2. The molecule has 122 valence electrons. The second-order valence-electron chi connectivity index (χ2n) is 5.05. The summed E-state index contributed by atoms with van der Waals surface area (Å²) in [5, 5.41) is 9.88. The Hall–Kier alpha value is -1.92. The lowest BCUT2D eigenvalue weighted by Gasteiger charge is -2.21. The SMILES string of the molecule is CCSc1nc(C)cc(C(=O)N(CCO)Cc2ccccc2)n1. The maximum atomic E-state index is 12.8. The van der Waals surface area contributed by atoms with Gasteiger partial charge in [-0.05, 0) is 24.3 Å². The number of thioether (sulfide) groups is 1. The van der Waals surface area contributed by atoms with E-state index in [1.165, 1.54) is 11.8 Å². The molecule has 1 heterocycles. The van der Waals surface area contributed by atoms with Gasteiger partial charge in [0.15, 0.2) is 5.16 Å². The summed E-state index contributed by atoms with van der Waals surface area (Å²) in [5.74, 6) is 0.660. The minimum Gasteiger partial charge on any atom is -0.395 e. The molecule has 1 aromatic carbocycles. The topological polar surface area (TPSA) is 66.3 Å². The molecule has 0 aliphatic heterocycles. The van der Waals surface area contributed by atoms with Crippen molar-refractivity contribution in [2.75, 3.05) is 18.9 Å². The van der Waals surface area contributed by atoms with E-state index < -0.39 is 0 Å². The second-order valence-corrected chi connectivity index (χ2v) is 6.28. The van der Waals surface area contributed by atoms with Crippen LogP contribution in [-0.4, -0.2) is 44.8 Å². The number of hydrogen-bond donors (Lipinski definition) is 1. The number of benzene rings is 1. The number of carbonyl (C=O) groups is 1. The molecule has 0 unspecified atom stereocenters. The lowest BCUT2D eigenvalue weighted by molar-refractivity contribution is 0.0700. The van der Waals surface area contributed by atoms with E-state index in [1.807, 2.05) is 44.2 Å². The number of carbonyl (C=O) groups excluding carboxylic acids is 1. The highest BCUT2D eigenvalue weighted by Gasteiger charge is 2.18. The van der Waals surface area contributed by atoms with E-state index in [0.29, 0.717) is 17.4 Å².